The molecule has 0 spiro atoms. The number of benzene rings is 1. The van der Waals surface area contributed by atoms with E-state index < -0.39 is 0 Å². The quantitative estimate of drug-likeness (QED) is 0.303. The fourth-order valence-electron chi connectivity index (χ4n) is 4.08. The summed E-state index contributed by atoms with van der Waals surface area (Å²) in [5.41, 5.74) is 4.08. The lowest BCUT2D eigenvalue weighted by molar-refractivity contribution is -0.118. The van der Waals surface area contributed by atoms with Crippen LogP contribution in [0.2, 0.25) is 0 Å². The second kappa shape index (κ2) is 10.2. The SMILES string of the molecule is COCCCNC(=O)CSc1nc2sc3c(c2c(=O)n1-c1cc(C)ccc1C)CCCC3. The molecule has 0 radical (unpaired) electrons. The van der Waals surface area contributed by atoms with E-state index >= 15 is 0 Å². The van der Waals surface area contributed by atoms with Crippen LogP contribution in [0, 0.1) is 13.8 Å². The molecule has 1 amide bonds. The highest BCUT2D eigenvalue weighted by atomic mass is 32.2. The highest BCUT2D eigenvalue weighted by Gasteiger charge is 2.23. The van der Waals surface area contributed by atoms with E-state index in [-0.39, 0.29) is 17.2 Å². The van der Waals surface area contributed by atoms with Crippen molar-refractivity contribution in [2.24, 2.45) is 0 Å². The Labute approximate surface area is 196 Å². The minimum atomic E-state index is -0.0709. The van der Waals surface area contributed by atoms with Crippen LogP contribution in [0.5, 0.6) is 0 Å². The van der Waals surface area contributed by atoms with Crippen molar-refractivity contribution in [3.63, 3.8) is 0 Å². The molecule has 1 aromatic carbocycles. The van der Waals surface area contributed by atoms with Crippen LogP contribution in [0.25, 0.3) is 15.9 Å². The van der Waals surface area contributed by atoms with E-state index in [1.807, 2.05) is 32.0 Å². The normalized spacial score (nSPS) is 13.3. The number of carbonyl (C=O) groups excluding carboxylic acids is 1. The molecule has 4 rings (SSSR count). The highest BCUT2D eigenvalue weighted by Crippen LogP contribution is 2.35. The van der Waals surface area contributed by atoms with Gasteiger partial charge in [-0.1, -0.05) is 23.9 Å². The van der Waals surface area contributed by atoms with Crippen molar-refractivity contribution in [2.75, 3.05) is 26.0 Å². The predicted octanol–water partition coefficient (Wildman–Crippen LogP) is 4.19. The van der Waals surface area contributed by atoms with Gasteiger partial charge in [-0.2, -0.15) is 0 Å². The fraction of sp³-hybridized carbons (Fsp3) is 0.458. The molecular weight excluding hydrogens is 442 g/mol. The maximum Gasteiger partial charge on any atom is 0.267 e. The first-order chi connectivity index (χ1) is 15.5. The lowest BCUT2D eigenvalue weighted by atomic mass is 9.97. The number of ether oxygens (including phenoxy) is 1. The zero-order valence-electron chi connectivity index (χ0n) is 18.8. The number of aromatic nitrogens is 2. The number of hydrogen-bond acceptors (Lipinski definition) is 6. The Morgan fingerprint density at radius 1 is 1.28 bits per heavy atom. The predicted molar refractivity (Wildman–Crippen MR) is 132 cm³/mol. The Morgan fingerprint density at radius 3 is 2.91 bits per heavy atom. The van der Waals surface area contributed by atoms with Crippen LogP contribution in [-0.2, 0) is 22.4 Å². The molecule has 3 aromatic rings. The average molecular weight is 472 g/mol. The van der Waals surface area contributed by atoms with Gasteiger partial charge in [-0.15, -0.1) is 11.3 Å². The molecule has 32 heavy (non-hydrogen) atoms. The zero-order valence-corrected chi connectivity index (χ0v) is 20.5. The summed E-state index contributed by atoms with van der Waals surface area (Å²) in [6.45, 7) is 5.21. The molecule has 0 saturated carbocycles. The van der Waals surface area contributed by atoms with Crippen molar-refractivity contribution >= 4 is 39.2 Å². The summed E-state index contributed by atoms with van der Waals surface area (Å²) in [6, 6.07) is 6.10. The number of amides is 1. The molecule has 1 aliphatic rings. The molecule has 0 bridgehead atoms. The molecule has 0 saturated heterocycles. The van der Waals surface area contributed by atoms with Crippen LogP contribution in [0.15, 0.2) is 28.2 Å². The van der Waals surface area contributed by atoms with Crippen molar-refractivity contribution < 1.29 is 9.53 Å². The van der Waals surface area contributed by atoms with Crippen LogP contribution in [0.4, 0.5) is 0 Å². The molecule has 1 N–H and O–H groups in total. The fourth-order valence-corrected chi connectivity index (χ4v) is 6.22. The van der Waals surface area contributed by atoms with Gasteiger partial charge in [0, 0.05) is 25.1 Å². The first-order valence-electron chi connectivity index (χ1n) is 11.0. The van der Waals surface area contributed by atoms with Crippen LogP contribution in [0.1, 0.15) is 40.8 Å². The maximum absolute atomic E-state index is 13.8. The average Bonchev–Trinajstić information content (AvgIpc) is 3.16. The van der Waals surface area contributed by atoms with E-state index in [0.717, 1.165) is 59.1 Å². The number of nitrogens with zero attached hydrogens (tertiary/aromatic N) is 2. The molecule has 2 aromatic heterocycles. The number of thiophene rings is 1. The van der Waals surface area contributed by atoms with Gasteiger partial charge in [-0.25, -0.2) is 4.98 Å². The number of nitrogens with one attached hydrogen (secondary N) is 1. The number of rotatable bonds is 8. The van der Waals surface area contributed by atoms with Crippen LogP contribution in [0.3, 0.4) is 0 Å². The van der Waals surface area contributed by atoms with E-state index in [1.165, 1.54) is 22.2 Å². The molecule has 1 aliphatic carbocycles. The number of aryl methyl sites for hydroxylation is 4. The Bertz CT molecular complexity index is 1200. The molecule has 8 heteroatoms. The molecule has 170 valence electrons. The molecule has 0 unspecified atom stereocenters. The lowest BCUT2D eigenvalue weighted by Crippen LogP contribution is -2.28. The zero-order chi connectivity index (χ0) is 22.7. The highest BCUT2D eigenvalue weighted by molar-refractivity contribution is 7.99. The van der Waals surface area contributed by atoms with Gasteiger partial charge >= 0.3 is 0 Å². The Balaban J connectivity index is 1.74. The van der Waals surface area contributed by atoms with Crippen molar-refractivity contribution in [3.8, 4) is 5.69 Å². The molecular formula is C24H29N3O3S2. The smallest absolute Gasteiger partial charge is 0.267 e. The van der Waals surface area contributed by atoms with Gasteiger partial charge in [0.15, 0.2) is 5.16 Å². The number of hydrogen-bond donors (Lipinski definition) is 1. The van der Waals surface area contributed by atoms with Gasteiger partial charge < -0.3 is 10.1 Å². The second-order valence-corrected chi connectivity index (χ2v) is 10.2. The van der Waals surface area contributed by atoms with Crippen molar-refractivity contribution in [1.82, 2.24) is 14.9 Å². The number of thioether (sulfide) groups is 1. The third-order valence-electron chi connectivity index (χ3n) is 5.74. The maximum atomic E-state index is 13.8. The monoisotopic (exact) mass is 471 g/mol. The Morgan fingerprint density at radius 2 is 2.09 bits per heavy atom. The summed E-state index contributed by atoms with van der Waals surface area (Å²) in [4.78, 5) is 33.2. The number of fused-ring (bicyclic) bond motifs is 3. The molecule has 0 fully saturated rings. The molecule has 6 nitrogen and oxygen atoms in total. The van der Waals surface area contributed by atoms with Crippen LogP contribution in [-0.4, -0.2) is 41.5 Å². The third kappa shape index (κ3) is 4.77. The number of carbonyl (C=O) groups is 1. The Kier molecular flexibility index (Phi) is 7.33. The number of methoxy groups -OCH3 is 1. The van der Waals surface area contributed by atoms with E-state index in [9.17, 15) is 9.59 Å². The minimum absolute atomic E-state index is 0.0221. The lowest BCUT2D eigenvalue weighted by Gasteiger charge is -2.16. The van der Waals surface area contributed by atoms with E-state index in [0.29, 0.717) is 18.3 Å². The van der Waals surface area contributed by atoms with Crippen molar-refractivity contribution in [1.29, 1.82) is 0 Å². The van der Waals surface area contributed by atoms with Crippen molar-refractivity contribution in [3.05, 3.63) is 50.1 Å². The molecule has 2 heterocycles. The summed E-state index contributed by atoms with van der Waals surface area (Å²) in [5.74, 6) is 0.138. The first-order valence-corrected chi connectivity index (χ1v) is 12.8. The van der Waals surface area contributed by atoms with Gasteiger partial charge in [-0.3, -0.25) is 14.2 Å². The Hall–Kier alpha value is -2.16. The van der Waals surface area contributed by atoms with E-state index in [2.05, 4.69) is 5.32 Å². The summed E-state index contributed by atoms with van der Waals surface area (Å²) < 4.78 is 6.74. The van der Waals surface area contributed by atoms with Gasteiger partial charge in [0.25, 0.3) is 5.56 Å². The van der Waals surface area contributed by atoms with E-state index in [4.69, 9.17) is 9.72 Å². The van der Waals surface area contributed by atoms with E-state index in [1.54, 1.807) is 23.0 Å². The standard InChI is InChI=1S/C24H29N3O3S2/c1-15-9-10-16(2)18(13-15)27-23(29)21-17-7-4-5-8-19(17)32-22(21)26-24(27)31-14-20(28)25-11-6-12-30-3/h9-10,13H,4-8,11-12,14H2,1-3H3,(H,25,28). The summed E-state index contributed by atoms with van der Waals surface area (Å²) in [6.07, 6.45) is 5.00. The van der Waals surface area contributed by atoms with Crippen LogP contribution < -0.4 is 10.9 Å². The second-order valence-electron chi connectivity index (χ2n) is 8.20. The topological polar surface area (TPSA) is 73.2 Å². The largest absolute Gasteiger partial charge is 0.385 e. The van der Waals surface area contributed by atoms with Gasteiger partial charge in [0.05, 0.1) is 16.8 Å². The van der Waals surface area contributed by atoms with Crippen LogP contribution >= 0.6 is 23.1 Å². The van der Waals surface area contributed by atoms with Gasteiger partial charge in [0.2, 0.25) is 5.91 Å². The summed E-state index contributed by atoms with van der Waals surface area (Å²) in [5, 5.41) is 4.24. The summed E-state index contributed by atoms with van der Waals surface area (Å²) in [7, 11) is 1.65. The van der Waals surface area contributed by atoms with Crippen molar-refractivity contribution in [2.45, 2.75) is 51.1 Å². The first kappa shape index (κ1) is 23.0. The molecule has 0 atom stereocenters. The van der Waals surface area contributed by atoms with Gasteiger partial charge in [0.1, 0.15) is 4.83 Å². The third-order valence-corrected chi connectivity index (χ3v) is 7.87. The minimum Gasteiger partial charge on any atom is -0.385 e. The van der Waals surface area contributed by atoms with Gasteiger partial charge in [-0.05, 0) is 68.7 Å². The summed E-state index contributed by atoms with van der Waals surface area (Å²) >= 11 is 2.96. The molecule has 0 aliphatic heterocycles.